The average molecular weight is 390 g/mol. The van der Waals surface area contributed by atoms with E-state index in [1.807, 2.05) is 12.1 Å². The van der Waals surface area contributed by atoms with Gasteiger partial charge in [0.1, 0.15) is 5.75 Å². The molecule has 0 amide bonds. The molecule has 3 aliphatic heterocycles. The lowest BCUT2D eigenvalue weighted by molar-refractivity contribution is -0.0537. The van der Waals surface area contributed by atoms with Crippen LogP contribution in [0.2, 0.25) is 0 Å². The van der Waals surface area contributed by atoms with Crippen LogP contribution in [-0.2, 0) is 0 Å². The Morgan fingerprint density at radius 3 is 2.54 bits per heavy atom. The molecule has 0 bridgehead atoms. The molecule has 1 unspecified atom stereocenters. The number of hydrogen-bond donors (Lipinski definition) is 2. The second kappa shape index (κ2) is 8.57. The van der Waals surface area contributed by atoms with Crippen molar-refractivity contribution in [1.82, 2.24) is 9.80 Å². The van der Waals surface area contributed by atoms with Crippen molar-refractivity contribution < 1.29 is 14.9 Å². The molecule has 6 nitrogen and oxygen atoms in total. The predicted molar refractivity (Wildman–Crippen MR) is 111 cm³/mol. The Labute approximate surface area is 168 Å². The number of ether oxygens (including phenoxy) is 1. The number of methoxy groups -OCH3 is 1. The fourth-order valence-electron chi connectivity index (χ4n) is 5.28. The van der Waals surface area contributed by atoms with Gasteiger partial charge in [-0.05, 0) is 62.9 Å². The number of aliphatic hydroxyl groups is 2. The first-order chi connectivity index (χ1) is 13.6. The van der Waals surface area contributed by atoms with Gasteiger partial charge in [-0.3, -0.25) is 9.80 Å². The molecule has 156 valence electrons. The molecule has 0 aliphatic carbocycles. The Bertz CT molecular complexity index is 630. The lowest BCUT2D eigenvalue weighted by atomic mass is 9.89. The number of benzene rings is 1. The monoisotopic (exact) mass is 389 g/mol. The van der Waals surface area contributed by atoms with Gasteiger partial charge in [0, 0.05) is 57.1 Å². The highest BCUT2D eigenvalue weighted by Crippen LogP contribution is 2.32. The molecule has 3 saturated heterocycles. The van der Waals surface area contributed by atoms with Crippen LogP contribution in [0.5, 0.6) is 5.75 Å². The van der Waals surface area contributed by atoms with Gasteiger partial charge in [0.25, 0.3) is 0 Å². The molecule has 1 aromatic rings. The second-order valence-corrected chi connectivity index (χ2v) is 8.80. The Hall–Kier alpha value is -1.34. The molecule has 1 aromatic carbocycles. The van der Waals surface area contributed by atoms with Crippen molar-refractivity contribution in [3.05, 3.63) is 24.3 Å². The predicted octanol–water partition coefficient (Wildman–Crippen LogP) is 1.56. The summed E-state index contributed by atoms with van der Waals surface area (Å²) in [5.74, 6) is 0.873. The van der Waals surface area contributed by atoms with Crippen molar-refractivity contribution in [2.24, 2.45) is 0 Å². The number of hydrogen-bond acceptors (Lipinski definition) is 6. The van der Waals surface area contributed by atoms with Crippen molar-refractivity contribution in [2.75, 3.05) is 57.9 Å². The van der Waals surface area contributed by atoms with Crippen molar-refractivity contribution >= 4 is 5.69 Å². The van der Waals surface area contributed by atoms with Gasteiger partial charge in [-0.1, -0.05) is 0 Å². The smallest absolute Gasteiger partial charge is 0.119 e. The molecular formula is C22H35N3O3. The first-order valence-electron chi connectivity index (χ1n) is 10.8. The minimum Gasteiger partial charge on any atom is -0.497 e. The molecule has 3 aliphatic rings. The molecule has 0 aromatic heterocycles. The normalized spacial score (nSPS) is 28.3. The fourth-order valence-corrected chi connectivity index (χ4v) is 5.28. The van der Waals surface area contributed by atoms with Gasteiger partial charge in [-0.15, -0.1) is 0 Å². The van der Waals surface area contributed by atoms with Crippen LogP contribution in [0.1, 0.15) is 32.1 Å². The van der Waals surface area contributed by atoms with Crippen LogP contribution in [0.3, 0.4) is 0 Å². The van der Waals surface area contributed by atoms with E-state index >= 15 is 0 Å². The standard InChI is InChI=1S/C22H35N3O3/c1-28-21-6-4-18(5-7-21)23-12-9-22(27,10-13-23)17-25-16-19-3-2-11-24(19)15-20(25)8-14-26/h4-7,19-20,26-27H,2-3,8-17H2,1H3/t19?,20-/m0/s1. The summed E-state index contributed by atoms with van der Waals surface area (Å²) in [6, 6.07) is 9.19. The van der Waals surface area contributed by atoms with E-state index in [2.05, 4.69) is 26.8 Å². The molecular weight excluding hydrogens is 354 g/mol. The van der Waals surface area contributed by atoms with Crippen LogP contribution in [-0.4, -0.2) is 90.7 Å². The quantitative estimate of drug-likeness (QED) is 0.770. The maximum atomic E-state index is 11.3. The van der Waals surface area contributed by atoms with E-state index in [0.29, 0.717) is 12.1 Å². The first-order valence-corrected chi connectivity index (χ1v) is 10.8. The third kappa shape index (κ3) is 4.30. The molecule has 3 heterocycles. The van der Waals surface area contributed by atoms with E-state index in [1.165, 1.54) is 25.1 Å². The zero-order chi connectivity index (χ0) is 19.6. The summed E-state index contributed by atoms with van der Waals surface area (Å²) in [6.45, 7) is 5.98. The van der Waals surface area contributed by atoms with Gasteiger partial charge in [0.15, 0.2) is 0 Å². The largest absolute Gasteiger partial charge is 0.497 e. The highest BCUT2D eigenvalue weighted by molar-refractivity contribution is 5.49. The Morgan fingerprint density at radius 1 is 1.11 bits per heavy atom. The van der Waals surface area contributed by atoms with Gasteiger partial charge in [0.2, 0.25) is 0 Å². The molecule has 0 radical (unpaired) electrons. The number of aliphatic hydroxyl groups excluding tert-OH is 1. The van der Waals surface area contributed by atoms with E-state index in [1.54, 1.807) is 7.11 Å². The van der Waals surface area contributed by atoms with Crippen LogP contribution in [0, 0.1) is 0 Å². The number of piperidine rings is 1. The zero-order valence-corrected chi connectivity index (χ0v) is 17.1. The van der Waals surface area contributed by atoms with Gasteiger partial charge < -0.3 is 19.8 Å². The van der Waals surface area contributed by atoms with Crippen molar-refractivity contribution in [2.45, 2.75) is 49.8 Å². The third-order valence-electron chi connectivity index (χ3n) is 7.00. The van der Waals surface area contributed by atoms with Crippen LogP contribution < -0.4 is 9.64 Å². The Kier molecular flexibility index (Phi) is 6.11. The van der Waals surface area contributed by atoms with E-state index in [9.17, 15) is 10.2 Å². The minimum atomic E-state index is -0.628. The molecule has 0 saturated carbocycles. The Morgan fingerprint density at radius 2 is 1.86 bits per heavy atom. The summed E-state index contributed by atoms with van der Waals surface area (Å²) >= 11 is 0. The highest BCUT2D eigenvalue weighted by Gasteiger charge is 2.41. The SMILES string of the molecule is COc1ccc(N2CCC(O)(CN3CC4CCCN4C[C@@H]3CCO)CC2)cc1. The molecule has 0 spiro atoms. The average Bonchev–Trinajstić information content (AvgIpc) is 3.16. The molecule has 3 fully saturated rings. The molecule has 4 rings (SSSR count). The maximum absolute atomic E-state index is 11.3. The third-order valence-corrected chi connectivity index (χ3v) is 7.00. The summed E-state index contributed by atoms with van der Waals surface area (Å²) in [5.41, 5.74) is 0.567. The van der Waals surface area contributed by atoms with Crippen molar-refractivity contribution in [3.63, 3.8) is 0 Å². The van der Waals surface area contributed by atoms with E-state index in [4.69, 9.17) is 4.74 Å². The molecule has 2 N–H and O–H groups in total. The lowest BCUT2D eigenvalue weighted by Gasteiger charge is -2.48. The van der Waals surface area contributed by atoms with Crippen LogP contribution in [0.4, 0.5) is 5.69 Å². The topological polar surface area (TPSA) is 59.4 Å². The second-order valence-electron chi connectivity index (χ2n) is 8.80. The van der Waals surface area contributed by atoms with Gasteiger partial charge >= 0.3 is 0 Å². The summed E-state index contributed by atoms with van der Waals surface area (Å²) in [6.07, 6.45) is 4.93. The number of nitrogens with zero attached hydrogens (tertiary/aromatic N) is 3. The molecule has 2 atom stereocenters. The first kappa shape index (κ1) is 20.0. The lowest BCUT2D eigenvalue weighted by Crippen LogP contribution is -2.61. The molecule has 6 heteroatoms. The maximum Gasteiger partial charge on any atom is 0.119 e. The molecule has 28 heavy (non-hydrogen) atoms. The van der Waals surface area contributed by atoms with Crippen LogP contribution >= 0.6 is 0 Å². The summed E-state index contributed by atoms with van der Waals surface area (Å²) in [7, 11) is 1.69. The fraction of sp³-hybridized carbons (Fsp3) is 0.727. The number of anilines is 1. The summed E-state index contributed by atoms with van der Waals surface area (Å²) in [5, 5.41) is 20.9. The number of rotatable bonds is 6. The number of β-amino-alcohol motifs (C(OH)–C–C–N with tert-alkyl or cyclic N) is 1. The summed E-state index contributed by atoms with van der Waals surface area (Å²) in [4.78, 5) is 7.42. The van der Waals surface area contributed by atoms with Gasteiger partial charge in [-0.2, -0.15) is 0 Å². The highest BCUT2D eigenvalue weighted by atomic mass is 16.5. The van der Waals surface area contributed by atoms with E-state index in [0.717, 1.165) is 57.7 Å². The van der Waals surface area contributed by atoms with Crippen molar-refractivity contribution in [1.29, 1.82) is 0 Å². The van der Waals surface area contributed by atoms with Gasteiger partial charge in [0.05, 0.1) is 12.7 Å². The number of fused-ring (bicyclic) bond motifs is 1. The van der Waals surface area contributed by atoms with Crippen LogP contribution in [0.15, 0.2) is 24.3 Å². The zero-order valence-electron chi connectivity index (χ0n) is 17.1. The number of piperazine rings is 1. The Balaban J connectivity index is 1.36. The van der Waals surface area contributed by atoms with Crippen molar-refractivity contribution in [3.8, 4) is 5.75 Å². The van der Waals surface area contributed by atoms with Crippen LogP contribution in [0.25, 0.3) is 0 Å². The van der Waals surface area contributed by atoms with Gasteiger partial charge in [-0.25, -0.2) is 0 Å². The van der Waals surface area contributed by atoms with E-state index < -0.39 is 5.60 Å². The summed E-state index contributed by atoms with van der Waals surface area (Å²) < 4.78 is 5.25. The minimum absolute atomic E-state index is 0.226. The van der Waals surface area contributed by atoms with E-state index in [-0.39, 0.29) is 6.61 Å².